The van der Waals surface area contributed by atoms with Crippen LogP contribution in [-0.2, 0) is 23.9 Å². The number of aliphatic imine (C=N–C) groups is 1. The minimum absolute atomic E-state index is 0.0628. The van der Waals surface area contributed by atoms with Crippen LogP contribution in [0.3, 0.4) is 0 Å². The van der Waals surface area contributed by atoms with Crippen molar-refractivity contribution in [3.8, 4) is 11.5 Å². The van der Waals surface area contributed by atoms with E-state index in [0.717, 1.165) is 12.0 Å². The molecule has 0 radical (unpaired) electrons. The predicted molar refractivity (Wildman–Crippen MR) is 168 cm³/mol. The molecule has 0 aliphatic carbocycles. The summed E-state index contributed by atoms with van der Waals surface area (Å²) in [7, 11) is 3.14. The molecule has 0 bridgehead atoms. The highest BCUT2D eigenvalue weighted by Crippen LogP contribution is 2.49. The van der Waals surface area contributed by atoms with Gasteiger partial charge in [0.05, 0.1) is 57.1 Å². The number of hydrogen-bond acceptors (Lipinski definition) is 10. The second-order valence-electron chi connectivity index (χ2n) is 10.5. The fraction of sp³-hybridized carbons (Fsp3) is 0.394. The third-order valence-corrected chi connectivity index (χ3v) is 8.70. The van der Waals surface area contributed by atoms with Crippen LogP contribution < -0.4 is 9.47 Å². The van der Waals surface area contributed by atoms with Crippen molar-refractivity contribution in [1.82, 2.24) is 9.80 Å². The lowest BCUT2D eigenvalue weighted by atomic mass is 9.90. The van der Waals surface area contributed by atoms with E-state index in [9.17, 15) is 14.4 Å². The zero-order chi connectivity index (χ0) is 31.2. The highest BCUT2D eigenvalue weighted by atomic mass is 32.2. The summed E-state index contributed by atoms with van der Waals surface area (Å²) < 4.78 is 22.1. The van der Waals surface area contributed by atoms with E-state index in [0.29, 0.717) is 65.3 Å². The van der Waals surface area contributed by atoms with Gasteiger partial charge in [-0.2, -0.15) is 0 Å². The average Bonchev–Trinajstić information content (AvgIpc) is 3.46. The fourth-order valence-corrected chi connectivity index (χ4v) is 6.67. The number of amides is 1. The first-order chi connectivity index (χ1) is 21.4. The van der Waals surface area contributed by atoms with Crippen LogP contribution in [0.5, 0.6) is 11.5 Å². The molecule has 3 heterocycles. The second kappa shape index (κ2) is 14.0. The number of esters is 2. The van der Waals surface area contributed by atoms with Gasteiger partial charge >= 0.3 is 11.9 Å². The first-order valence-electron chi connectivity index (χ1n) is 14.8. The zero-order valence-corrected chi connectivity index (χ0v) is 26.2. The maximum absolute atomic E-state index is 13.8. The molecule has 10 nitrogen and oxygen atoms in total. The van der Waals surface area contributed by atoms with Gasteiger partial charge in [-0.3, -0.25) is 9.59 Å². The number of methoxy groups -OCH3 is 2. The summed E-state index contributed by atoms with van der Waals surface area (Å²) >= 11 is 1.40. The van der Waals surface area contributed by atoms with E-state index in [4.69, 9.17) is 23.9 Å². The number of piperidine rings is 1. The third kappa shape index (κ3) is 6.33. The van der Waals surface area contributed by atoms with E-state index in [-0.39, 0.29) is 30.8 Å². The van der Waals surface area contributed by atoms with E-state index in [1.807, 2.05) is 52.8 Å². The molecular weight excluding hydrogens is 582 g/mol. The summed E-state index contributed by atoms with van der Waals surface area (Å²) in [5.41, 5.74) is 2.99. The first-order valence-corrected chi connectivity index (χ1v) is 15.6. The lowest BCUT2D eigenvalue weighted by Gasteiger charge is -2.38. The Morgan fingerprint density at radius 3 is 2.48 bits per heavy atom. The number of carbonyl (C=O) groups excluding carboxylic acids is 3. The van der Waals surface area contributed by atoms with E-state index < -0.39 is 12.0 Å². The number of benzene rings is 2. The molecule has 0 spiro atoms. The largest absolute Gasteiger partial charge is 0.497 e. The number of ether oxygens (including phenoxy) is 4. The standard InChI is InChI=1S/C33H37N3O7S/c1-5-42-31(38)22-13-10-16-35(19-22)27(37)17-23-20-44-33-34-29(21-11-8-7-9-12-21)28(32(39)43-6-2)30(36(23)33)25-15-14-24(40-3)18-26(25)41-4/h7-9,11-12,14-15,18,20,22,30H,5-6,10,13,16-17,19H2,1-4H3/t22-,30-/m0/s1. The average molecular weight is 620 g/mol. The van der Waals surface area contributed by atoms with Crippen molar-refractivity contribution in [2.45, 2.75) is 39.2 Å². The number of likely N-dealkylation sites (tertiary alicyclic amines) is 1. The summed E-state index contributed by atoms with van der Waals surface area (Å²) in [6, 6.07) is 14.3. The van der Waals surface area contributed by atoms with Gasteiger partial charge in [0, 0.05) is 36.0 Å². The van der Waals surface area contributed by atoms with Gasteiger partial charge < -0.3 is 28.7 Å². The molecule has 1 fully saturated rings. The number of fused-ring (bicyclic) bond motifs is 1. The van der Waals surface area contributed by atoms with Crippen LogP contribution in [0.25, 0.3) is 5.70 Å². The van der Waals surface area contributed by atoms with Crippen molar-refractivity contribution in [3.63, 3.8) is 0 Å². The number of thioether (sulfide) groups is 1. The van der Waals surface area contributed by atoms with E-state index in [1.54, 1.807) is 39.0 Å². The van der Waals surface area contributed by atoms with Crippen LogP contribution in [0.4, 0.5) is 0 Å². The Hall–Kier alpha value is -4.25. The maximum Gasteiger partial charge on any atom is 0.338 e. The Labute approximate surface area is 261 Å². The van der Waals surface area contributed by atoms with Crippen molar-refractivity contribution in [3.05, 3.63) is 76.3 Å². The third-order valence-electron chi connectivity index (χ3n) is 7.81. The molecule has 1 amide bonds. The van der Waals surface area contributed by atoms with Crippen LogP contribution >= 0.6 is 11.8 Å². The molecule has 0 saturated carbocycles. The van der Waals surface area contributed by atoms with Crippen LogP contribution in [0.15, 0.2) is 70.2 Å². The summed E-state index contributed by atoms with van der Waals surface area (Å²) in [5.74, 6) is -0.106. The minimum Gasteiger partial charge on any atom is -0.497 e. The Morgan fingerprint density at radius 1 is 1.00 bits per heavy atom. The normalized spacial score (nSPS) is 19.5. The van der Waals surface area contributed by atoms with Crippen LogP contribution in [-0.4, -0.2) is 73.3 Å². The van der Waals surface area contributed by atoms with Crippen molar-refractivity contribution in [1.29, 1.82) is 0 Å². The van der Waals surface area contributed by atoms with Gasteiger partial charge in [-0.1, -0.05) is 42.1 Å². The summed E-state index contributed by atoms with van der Waals surface area (Å²) in [4.78, 5) is 48.6. The molecule has 5 rings (SSSR count). The van der Waals surface area contributed by atoms with Crippen LogP contribution in [0.1, 0.15) is 50.3 Å². The second-order valence-corrected chi connectivity index (χ2v) is 11.3. The van der Waals surface area contributed by atoms with Crippen LogP contribution in [0.2, 0.25) is 0 Å². The topological polar surface area (TPSA) is 107 Å². The molecule has 2 aromatic rings. The SMILES string of the molecule is CCOC(=O)C1=C(c2ccccc2)N=C2SC=C(CC(=O)N3CCC[C@H](C(=O)OCC)C3)N2[C@H]1c1ccc(OC)cc1OC. The summed E-state index contributed by atoms with van der Waals surface area (Å²) in [6.07, 6.45) is 1.48. The van der Waals surface area contributed by atoms with Gasteiger partial charge in [0.15, 0.2) is 5.17 Å². The van der Waals surface area contributed by atoms with Crippen LogP contribution in [0, 0.1) is 5.92 Å². The van der Waals surface area contributed by atoms with E-state index in [1.165, 1.54) is 11.8 Å². The molecule has 2 atom stereocenters. The Kier molecular flexibility index (Phi) is 9.94. The van der Waals surface area contributed by atoms with Gasteiger partial charge in [-0.15, -0.1) is 0 Å². The number of nitrogens with zero attached hydrogens (tertiary/aromatic N) is 3. The summed E-state index contributed by atoms with van der Waals surface area (Å²) in [5, 5.41) is 2.54. The minimum atomic E-state index is -0.708. The quantitative estimate of drug-likeness (QED) is 0.333. The highest BCUT2D eigenvalue weighted by Gasteiger charge is 2.44. The van der Waals surface area contributed by atoms with E-state index in [2.05, 4.69) is 0 Å². The lowest BCUT2D eigenvalue weighted by molar-refractivity contribution is -0.151. The molecule has 3 aliphatic rings. The zero-order valence-electron chi connectivity index (χ0n) is 25.4. The molecule has 0 aromatic heterocycles. The number of hydrogen-bond donors (Lipinski definition) is 0. The molecular formula is C33H37N3O7S. The molecule has 0 N–H and O–H groups in total. The summed E-state index contributed by atoms with van der Waals surface area (Å²) in [6.45, 7) is 4.92. The molecule has 2 aromatic carbocycles. The number of amidine groups is 1. The monoisotopic (exact) mass is 619 g/mol. The van der Waals surface area contributed by atoms with Crippen molar-refractivity contribution in [2.24, 2.45) is 10.9 Å². The van der Waals surface area contributed by atoms with Gasteiger partial charge in [-0.05, 0) is 44.2 Å². The molecule has 1 saturated heterocycles. The molecule has 0 unspecified atom stereocenters. The molecule has 44 heavy (non-hydrogen) atoms. The van der Waals surface area contributed by atoms with Crippen molar-refractivity contribution in [2.75, 3.05) is 40.5 Å². The van der Waals surface area contributed by atoms with Gasteiger partial charge in [0.25, 0.3) is 0 Å². The van der Waals surface area contributed by atoms with Crippen molar-refractivity contribution >= 4 is 40.5 Å². The van der Waals surface area contributed by atoms with Crippen molar-refractivity contribution < 1.29 is 33.3 Å². The van der Waals surface area contributed by atoms with Gasteiger partial charge in [-0.25, -0.2) is 9.79 Å². The highest BCUT2D eigenvalue weighted by molar-refractivity contribution is 8.16. The Balaban J connectivity index is 1.56. The Morgan fingerprint density at radius 2 is 1.77 bits per heavy atom. The first kappa shape index (κ1) is 31.2. The predicted octanol–water partition coefficient (Wildman–Crippen LogP) is 5.17. The molecule has 11 heteroatoms. The van der Waals surface area contributed by atoms with Gasteiger partial charge in [0.1, 0.15) is 11.5 Å². The fourth-order valence-electron chi connectivity index (χ4n) is 5.75. The number of rotatable bonds is 10. The lowest BCUT2D eigenvalue weighted by Crippen LogP contribution is -2.44. The molecule has 232 valence electrons. The Bertz CT molecular complexity index is 1500. The number of carbonyl (C=O) groups is 3. The van der Waals surface area contributed by atoms with Gasteiger partial charge in [0.2, 0.25) is 5.91 Å². The van der Waals surface area contributed by atoms with E-state index >= 15 is 0 Å². The smallest absolute Gasteiger partial charge is 0.338 e. The maximum atomic E-state index is 13.8. The molecule has 3 aliphatic heterocycles.